The first-order valence-corrected chi connectivity index (χ1v) is 12.4. The molecule has 1 fully saturated rings. The Balaban J connectivity index is 1.29. The largest absolute Gasteiger partial charge is 0.489 e. The third-order valence-corrected chi connectivity index (χ3v) is 6.51. The summed E-state index contributed by atoms with van der Waals surface area (Å²) in [6, 6.07) is 15.1. The van der Waals surface area contributed by atoms with Crippen LogP contribution < -0.4 is 10.1 Å². The maximum atomic E-state index is 13.2. The molecule has 36 heavy (non-hydrogen) atoms. The van der Waals surface area contributed by atoms with Crippen molar-refractivity contribution in [3.63, 3.8) is 0 Å². The molecule has 1 saturated carbocycles. The Hall–Kier alpha value is -3.00. The second-order valence-electron chi connectivity index (χ2n) is 9.37. The normalized spacial score (nSPS) is 13.8. The molecule has 1 aliphatic rings. The third kappa shape index (κ3) is 6.40. The predicted molar refractivity (Wildman–Crippen MR) is 132 cm³/mol. The molecular weight excluding hydrogens is 491 g/mol. The fourth-order valence-corrected chi connectivity index (χ4v) is 4.40. The summed E-state index contributed by atoms with van der Waals surface area (Å²) in [5.74, 6) is 0.972. The highest BCUT2D eigenvalue weighted by Gasteiger charge is 2.41. The van der Waals surface area contributed by atoms with E-state index in [-0.39, 0.29) is 23.4 Å². The van der Waals surface area contributed by atoms with E-state index in [1.54, 1.807) is 18.2 Å². The van der Waals surface area contributed by atoms with Crippen LogP contribution >= 0.6 is 11.6 Å². The van der Waals surface area contributed by atoms with Crippen molar-refractivity contribution in [3.8, 4) is 5.75 Å². The minimum atomic E-state index is -4.59. The molecule has 1 N–H and O–H groups in total. The van der Waals surface area contributed by atoms with Crippen LogP contribution in [0.3, 0.4) is 0 Å². The first-order valence-electron chi connectivity index (χ1n) is 12.1. The van der Waals surface area contributed by atoms with Crippen LogP contribution in [0.25, 0.3) is 0 Å². The van der Waals surface area contributed by atoms with Gasteiger partial charge in [0, 0.05) is 24.6 Å². The summed E-state index contributed by atoms with van der Waals surface area (Å²) in [5, 5.41) is 6.25. The summed E-state index contributed by atoms with van der Waals surface area (Å²) in [6.45, 7) is 5.13. The van der Waals surface area contributed by atoms with Crippen molar-refractivity contribution < 1.29 is 22.7 Å². The fraction of sp³-hybridized carbons (Fsp3) is 0.407. The van der Waals surface area contributed by atoms with Gasteiger partial charge in [-0.05, 0) is 60.6 Å². The van der Waals surface area contributed by atoms with E-state index in [0.29, 0.717) is 36.7 Å². The summed E-state index contributed by atoms with van der Waals surface area (Å²) in [4.78, 5) is 12.6. The molecule has 1 aliphatic carbocycles. The summed E-state index contributed by atoms with van der Waals surface area (Å²) >= 11 is 6.01. The Kier molecular flexibility index (Phi) is 7.93. The molecule has 3 aromatic rings. The lowest BCUT2D eigenvalue weighted by molar-refractivity contribution is -0.141. The molecule has 2 aromatic carbocycles. The Morgan fingerprint density at radius 3 is 2.56 bits per heavy atom. The average Bonchev–Trinajstić information content (AvgIpc) is 3.62. The SMILES string of the molecule is CC(C)c1ccc(OCc2cccc(C(=O)NCCCn3nc(C(F)(F)F)c(Cl)c3C3CC3)c2)cc1. The molecule has 1 aromatic heterocycles. The van der Waals surface area contributed by atoms with Crippen molar-refractivity contribution in [2.24, 2.45) is 0 Å². The molecule has 0 aliphatic heterocycles. The van der Waals surface area contributed by atoms with E-state index in [1.165, 1.54) is 10.2 Å². The number of alkyl halides is 3. The predicted octanol–water partition coefficient (Wildman–Crippen LogP) is 6.96. The van der Waals surface area contributed by atoms with Crippen LogP contribution in [0.4, 0.5) is 13.2 Å². The van der Waals surface area contributed by atoms with Gasteiger partial charge in [-0.1, -0.05) is 49.7 Å². The highest BCUT2D eigenvalue weighted by molar-refractivity contribution is 6.32. The van der Waals surface area contributed by atoms with Crippen LogP contribution in [0, 0.1) is 0 Å². The maximum absolute atomic E-state index is 13.2. The quantitative estimate of drug-likeness (QED) is 0.295. The van der Waals surface area contributed by atoms with Gasteiger partial charge in [-0.15, -0.1) is 0 Å². The van der Waals surface area contributed by atoms with Crippen molar-refractivity contribution >= 4 is 17.5 Å². The smallest absolute Gasteiger partial charge is 0.436 e. The molecule has 5 nitrogen and oxygen atoms in total. The zero-order valence-electron chi connectivity index (χ0n) is 20.2. The number of ether oxygens (including phenoxy) is 1. The molecule has 0 radical (unpaired) electrons. The number of hydrogen-bond donors (Lipinski definition) is 1. The standard InChI is InChI=1S/C27H29ClF3N3O2/c1-17(2)19-9-11-22(12-10-19)36-16-18-5-3-6-21(15-18)26(35)32-13-4-14-34-24(20-7-8-20)23(28)25(33-34)27(29,30)31/h3,5-6,9-12,15,17,20H,4,7-8,13-14,16H2,1-2H3,(H,32,35). The molecule has 0 unspecified atom stereocenters. The zero-order chi connectivity index (χ0) is 25.9. The lowest BCUT2D eigenvalue weighted by Gasteiger charge is -2.11. The Morgan fingerprint density at radius 2 is 1.92 bits per heavy atom. The van der Waals surface area contributed by atoms with E-state index in [1.807, 2.05) is 30.3 Å². The lowest BCUT2D eigenvalue weighted by Crippen LogP contribution is -2.25. The van der Waals surface area contributed by atoms with Gasteiger partial charge in [0.05, 0.1) is 10.7 Å². The maximum Gasteiger partial charge on any atom is 0.436 e. The minimum absolute atomic E-state index is 0.0220. The number of nitrogens with one attached hydrogen (secondary N) is 1. The number of carbonyl (C=O) groups is 1. The first kappa shape index (κ1) is 26.1. The first-order chi connectivity index (χ1) is 17.1. The second-order valence-corrected chi connectivity index (χ2v) is 9.74. The van der Waals surface area contributed by atoms with Crippen LogP contribution in [0.1, 0.15) is 77.8 Å². The highest BCUT2D eigenvalue weighted by atomic mass is 35.5. The molecule has 1 heterocycles. The van der Waals surface area contributed by atoms with Gasteiger partial charge in [0.25, 0.3) is 5.91 Å². The van der Waals surface area contributed by atoms with E-state index < -0.39 is 11.9 Å². The summed E-state index contributed by atoms with van der Waals surface area (Å²) in [6.07, 6.45) is -2.55. The Morgan fingerprint density at radius 1 is 1.19 bits per heavy atom. The zero-order valence-corrected chi connectivity index (χ0v) is 21.0. The van der Waals surface area contributed by atoms with Gasteiger partial charge in [0.1, 0.15) is 12.4 Å². The van der Waals surface area contributed by atoms with Gasteiger partial charge in [-0.2, -0.15) is 18.3 Å². The summed E-state index contributed by atoms with van der Waals surface area (Å²) < 4.78 is 46.8. The number of nitrogens with zero attached hydrogens (tertiary/aromatic N) is 2. The molecule has 192 valence electrons. The van der Waals surface area contributed by atoms with Crippen LogP contribution in [0.2, 0.25) is 5.02 Å². The van der Waals surface area contributed by atoms with E-state index in [0.717, 1.165) is 24.2 Å². The van der Waals surface area contributed by atoms with Crippen LogP contribution in [0.5, 0.6) is 5.75 Å². The van der Waals surface area contributed by atoms with Crippen LogP contribution in [-0.4, -0.2) is 22.2 Å². The Bertz CT molecular complexity index is 1200. The molecule has 0 bridgehead atoms. The molecule has 4 rings (SSSR count). The minimum Gasteiger partial charge on any atom is -0.489 e. The number of benzene rings is 2. The van der Waals surface area contributed by atoms with Gasteiger partial charge in [-0.25, -0.2) is 0 Å². The second kappa shape index (κ2) is 10.9. The molecule has 0 spiro atoms. The highest BCUT2D eigenvalue weighted by Crippen LogP contribution is 2.46. The number of amides is 1. The van der Waals surface area contributed by atoms with Crippen molar-refractivity contribution in [2.75, 3.05) is 6.54 Å². The molecule has 1 amide bonds. The molecule has 9 heteroatoms. The number of aromatic nitrogens is 2. The number of carbonyl (C=O) groups excluding carboxylic acids is 1. The number of halogens is 4. The summed E-state index contributed by atoms with van der Waals surface area (Å²) in [7, 11) is 0. The van der Waals surface area contributed by atoms with E-state index in [4.69, 9.17) is 16.3 Å². The van der Waals surface area contributed by atoms with E-state index in [2.05, 4.69) is 24.3 Å². The number of hydrogen-bond acceptors (Lipinski definition) is 3. The van der Waals surface area contributed by atoms with Crippen molar-refractivity contribution in [1.29, 1.82) is 0 Å². The fourth-order valence-electron chi connectivity index (χ4n) is 4.00. The molecular formula is C27H29ClF3N3O2. The van der Waals surface area contributed by atoms with Crippen molar-refractivity contribution in [1.82, 2.24) is 15.1 Å². The van der Waals surface area contributed by atoms with E-state index >= 15 is 0 Å². The van der Waals surface area contributed by atoms with Crippen LogP contribution in [0.15, 0.2) is 48.5 Å². The van der Waals surface area contributed by atoms with Crippen molar-refractivity contribution in [2.45, 2.75) is 64.3 Å². The van der Waals surface area contributed by atoms with E-state index in [9.17, 15) is 18.0 Å². The van der Waals surface area contributed by atoms with Gasteiger partial charge in [0.15, 0.2) is 5.69 Å². The monoisotopic (exact) mass is 519 g/mol. The molecule has 0 saturated heterocycles. The Labute approximate surface area is 213 Å². The van der Waals surface area contributed by atoms with Gasteiger partial charge in [-0.3, -0.25) is 9.48 Å². The molecule has 0 atom stereocenters. The van der Waals surface area contributed by atoms with Gasteiger partial charge < -0.3 is 10.1 Å². The summed E-state index contributed by atoms with van der Waals surface area (Å²) in [5.41, 5.74) is 2.00. The number of rotatable bonds is 10. The lowest BCUT2D eigenvalue weighted by atomic mass is 10.0. The van der Waals surface area contributed by atoms with Gasteiger partial charge in [0.2, 0.25) is 0 Å². The van der Waals surface area contributed by atoms with Crippen molar-refractivity contribution in [3.05, 3.63) is 81.6 Å². The number of aryl methyl sites for hydroxylation is 1. The van der Waals surface area contributed by atoms with Gasteiger partial charge >= 0.3 is 6.18 Å². The topological polar surface area (TPSA) is 56.1 Å². The third-order valence-electron chi connectivity index (χ3n) is 6.14. The average molecular weight is 520 g/mol. The van der Waals surface area contributed by atoms with Crippen LogP contribution in [-0.2, 0) is 19.3 Å².